The lowest BCUT2D eigenvalue weighted by Crippen LogP contribution is -2.40. The number of amides is 1. The van der Waals surface area contributed by atoms with Crippen LogP contribution in [0.3, 0.4) is 0 Å². The Labute approximate surface area is 111 Å². The third kappa shape index (κ3) is 3.54. The molecule has 0 aromatic carbocycles. The van der Waals surface area contributed by atoms with Crippen molar-refractivity contribution in [1.82, 2.24) is 9.88 Å². The van der Waals surface area contributed by atoms with Crippen LogP contribution in [0.2, 0.25) is 0 Å². The third-order valence-corrected chi connectivity index (χ3v) is 2.95. The third-order valence-electron chi connectivity index (χ3n) is 2.95. The van der Waals surface area contributed by atoms with Crippen molar-refractivity contribution in [3.8, 4) is 0 Å². The molecule has 1 rings (SSSR count). The Kier molecular flexibility index (Phi) is 5.05. The number of nitrogens with zero attached hydrogens (tertiary/aromatic N) is 2. The van der Waals surface area contributed by atoms with Crippen molar-refractivity contribution in [2.75, 3.05) is 6.54 Å². The van der Waals surface area contributed by atoms with Gasteiger partial charge in [0.25, 0.3) is 11.6 Å². The van der Waals surface area contributed by atoms with E-state index in [4.69, 9.17) is 5.73 Å². The number of hydrogen-bond acceptors (Lipinski definition) is 4. The normalized spacial score (nSPS) is 12.5. The van der Waals surface area contributed by atoms with Gasteiger partial charge in [-0.25, -0.2) is 0 Å². The van der Waals surface area contributed by atoms with Gasteiger partial charge in [-0.2, -0.15) is 0 Å². The number of nitrogens with one attached hydrogen (secondary N) is 1. The fourth-order valence-corrected chi connectivity index (χ4v) is 1.76. The molecular weight excluding hydrogens is 248 g/mol. The highest BCUT2D eigenvalue weighted by Gasteiger charge is 2.21. The number of aromatic nitrogens is 1. The Morgan fingerprint density at radius 1 is 1.58 bits per heavy atom. The fraction of sp³-hybridized carbons (Fsp3) is 0.583. The minimum atomic E-state index is -0.504. The van der Waals surface area contributed by atoms with Crippen LogP contribution in [0, 0.1) is 10.1 Å². The van der Waals surface area contributed by atoms with Crippen molar-refractivity contribution in [2.24, 2.45) is 5.73 Å². The second-order valence-electron chi connectivity index (χ2n) is 4.66. The summed E-state index contributed by atoms with van der Waals surface area (Å²) in [6, 6.07) is 1.13. The van der Waals surface area contributed by atoms with E-state index in [0.717, 1.165) is 0 Å². The monoisotopic (exact) mass is 268 g/mol. The zero-order valence-electron chi connectivity index (χ0n) is 11.4. The van der Waals surface area contributed by atoms with Crippen LogP contribution in [0.1, 0.15) is 43.7 Å². The fourth-order valence-electron chi connectivity index (χ4n) is 1.76. The lowest BCUT2D eigenvalue weighted by Gasteiger charge is -2.16. The van der Waals surface area contributed by atoms with Gasteiger partial charge in [0, 0.05) is 24.7 Å². The smallest absolute Gasteiger partial charge is 0.287 e. The molecule has 0 aliphatic rings. The first-order valence-electron chi connectivity index (χ1n) is 6.27. The van der Waals surface area contributed by atoms with Crippen molar-refractivity contribution >= 4 is 11.6 Å². The van der Waals surface area contributed by atoms with Crippen LogP contribution in [0.4, 0.5) is 5.69 Å². The van der Waals surface area contributed by atoms with E-state index in [-0.39, 0.29) is 29.4 Å². The Hall–Kier alpha value is -1.89. The van der Waals surface area contributed by atoms with Gasteiger partial charge in [0.15, 0.2) is 0 Å². The van der Waals surface area contributed by atoms with Crippen molar-refractivity contribution in [1.29, 1.82) is 0 Å². The molecule has 1 aromatic rings. The van der Waals surface area contributed by atoms with Gasteiger partial charge in [-0.3, -0.25) is 14.9 Å². The van der Waals surface area contributed by atoms with Crippen molar-refractivity contribution in [3.63, 3.8) is 0 Å². The highest BCUT2D eigenvalue weighted by Crippen LogP contribution is 2.20. The topological polar surface area (TPSA) is 103 Å². The van der Waals surface area contributed by atoms with Crippen LogP contribution in [0.15, 0.2) is 12.3 Å². The number of hydrogen-bond donors (Lipinski definition) is 2. The molecule has 0 radical (unpaired) electrons. The molecule has 0 aliphatic carbocycles. The molecule has 1 unspecified atom stereocenters. The van der Waals surface area contributed by atoms with Crippen LogP contribution < -0.4 is 11.1 Å². The van der Waals surface area contributed by atoms with Crippen molar-refractivity contribution < 1.29 is 9.72 Å². The molecule has 19 heavy (non-hydrogen) atoms. The second kappa shape index (κ2) is 6.33. The molecule has 0 saturated carbocycles. The lowest BCUT2D eigenvalue weighted by molar-refractivity contribution is -0.384. The molecule has 0 spiro atoms. The molecule has 1 aromatic heterocycles. The van der Waals surface area contributed by atoms with Gasteiger partial charge in [0.2, 0.25) is 0 Å². The molecule has 0 aliphatic heterocycles. The van der Waals surface area contributed by atoms with Crippen LogP contribution in [-0.4, -0.2) is 28.0 Å². The quantitative estimate of drug-likeness (QED) is 0.601. The Morgan fingerprint density at radius 3 is 2.63 bits per heavy atom. The molecule has 1 heterocycles. The van der Waals surface area contributed by atoms with Crippen LogP contribution >= 0.6 is 0 Å². The molecule has 0 saturated heterocycles. The summed E-state index contributed by atoms with van der Waals surface area (Å²) >= 11 is 0. The largest absolute Gasteiger partial charge is 0.347 e. The second-order valence-corrected chi connectivity index (χ2v) is 4.66. The zero-order chi connectivity index (χ0) is 14.6. The first kappa shape index (κ1) is 15.2. The maximum absolute atomic E-state index is 12.1. The van der Waals surface area contributed by atoms with Gasteiger partial charge >= 0.3 is 0 Å². The summed E-state index contributed by atoms with van der Waals surface area (Å²) in [6.45, 7) is 5.98. The minimum Gasteiger partial charge on any atom is -0.347 e. The van der Waals surface area contributed by atoms with E-state index in [1.165, 1.54) is 12.3 Å². The van der Waals surface area contributed by atoms with Gasteiger partial charge in [0.1, 0.15) is 5.69 Å². The standard InChI is InChI=1S/C12H20N4O3/c1-4-9(6-13)14-12(17)11-5-10(16(18)19)7-15(11)8(2)3/h5,7-9H,4,6,13H2,1-3H3,(H,14,17). The number of carbonyl (C=O) groups excluding carboxylic acids is 1. The average molecular weight is 268 g/mol. The minimum absolute atomic E-state index is 0.0348. The molecule has 1 atom stereocenters. The van der Waals surface area contributed by atoms with Crippen LogP contribution in [0.5, 0.6) is 0 Å². The van der Waals surface area contributed by atoms with Gasteiger partial charge in [-0.15, -0.1) is 0 Å². The maximum Gasteiger partial charge on any atom is 0.287 e. The molecule has 3 N–H and O–H groups in total. The summed E-state index contributed by atoms with van der Waals surface area (Å²) in [5.74, 6) is -0.334. The molecule has 0 fully saturated rings. The zero-order valence-corrected chi connectivity index (χ0v) is 11.4. The molecule has 1 amide bonds. The van der Waals surface area contributed by atoms with Gasteiger partial charge in [-0.1, -0.05) is 6.92 Å². The van der Waals surface area contributed by atoms with E-state index >= 15 is 0 Å². The predicted molar refractivity (Wildman–Crippen MR) is 72.1 cm³/mol. The number of carbonyl (C=O) groups is 1. The summed E-state index contributed by atoms with van der Waals surface area (Å²) in [6.07, 6.45) is 2.09. The SMILES string of the molecule is CCC(CN)NC(=O)c1cc([N+](=O)[O-])cn1C(C)C. The van der Waals surface area contributed by atoms with Crippen molar-refractivity contribution in [2.45, 2.75) is 39.3 Å². The summed E-state index contributed by atoms with van der Waals surface area (Å²) in [5.41, 5.74) is 5.73. The van der Waals surface area contributed by atoms with Gasteiger partial charge < -0.3 is 15.6 Å². The summed E-state index contributed by atoms with van der Waals surface area (Å²) in [5, 5.41) is 13.6. The first-order valence-corrected chi connectivity index (χ1v) is 6.27. The Balaban J connectivity index is 3.04. The summed E-state index contributed by atoms with van der Waals surface area (Å²) < 4.78 is 1.59. The molecule has 0 bridgehead atoms. The lowest BCUT2D eigenvalue weighted by atomic mass is 10.2. The highest BCUT2D eigenvalue weighted by molar-refractivity contribution is 5.93. The van der Waals surface area contributed by atoms with Crippen LogP contribution in [-0.2, 0) is 0 Å². The van der Waals surface area contributed by atoms with E-state index in [1.54, 1.807) is 4.57 Å². The summed E-state index contributed by atoms with van der Waals surface area (Å²) in [4.78, 5) is 22.4. The Bertz CT molecular complexity index is 464. The predicted octanol–water partition coefficient (Wildman–Crippen LogP) is 1.44. The van der Waals surface area contributed by atoms with Gasteiger partial charge in [-0.05, 0) is 20.3 Å². The molecule has 7 heteroatoms. The Morgan fingerprint density at radius 2 is 2.21 bits per heavy atom. The number of rotatable bonds is 6. The number of nitro groups is 1. The highest BCUT2D eigenvalue weighted by atomic mass is 16.6. The van der Waals surface area contributed by atoms with Gasteiger partial charge in [0.05, 0.1) is 11.1 Å². The molecule has 106 valence electrons. The van der Waals surface area contributed by atoms with E-state index in [1.807, 2.05) is 20.8 Å². The van der Waals surface area contributed by atoms with E-state index < -0.39 is 4.92 Å². The first-order chi connectivity index (χ1) is 8.90. The van der Waals surface area contributed by atoms with E-state index in [2.05, 4.69) is 5.32 Å². The van der Waals surface area contributed by atoms with E-state index in [9.17, 15) is 14.9 Å². The van der Waals surface area contributed by atoms with Crippen molar-refractivity contribution in [3.05, 3.63) is 28.1 Å². The molecular formula is C12H20N4O3. The molecule has 7 nitrogen and oxygen atoms in total. The average Bonchev–Trinajstić information content (AvgIpc) is 2.81. The summed E-state index contributed by atoms with van der Waals surface area (Å²) in [7, 11) is 0. The van der Waals surface area contributed by atoms with Crippen LogP contribution in [0.25, 0.3) is 0 Å². The van der Waals surface area contributed by atoms with E-state index in [0.29, 0.717) is 13.0 Å². The number of nitrogens with two attached hydrogens (primary N) is 1. The maximum atomic E-state index is 12.1.